The van der Waals surface area contributed by atoms with Crippen LogP contribution in [0.5, 0.6) is 5.75 Å². The van der Waals surface area contributed by atoms with Gasteiger partial charge in [-0.15, -0.1) is 11.3 Å². The molecule has 0 bridgehead atoms. The third kappa shape index (κ3) is 3.50. The van der Waals surface area contributed by atoms with Crippen LogP contribution in [0.3, 0.4) is 0 Å². The minimum atomic E-state index is 0.159. The van der Waals surface area contributed by atoms with E-state index in [0.29, 0.717) is 0 Å². The summed E-state index contributed by atoms with van der Waals surface area (Å²) in [6.45, 7) is 3.13. The number of halogens is 1. The smallest absolute Gasteiger partial charge is 0.134 e. The lowest BCUT2D eigenvalue weighted by atomic mass is 10.0. The third-order valence-corrected chi connectivity index (χ3v) is 4.16. The van der Waals surface area contributed by atoms with Crippen molar-refractivity contribution in [1.29, 1.82) is 0 Å². The van der Waals surface area contributed by atoms with Crippen molar-refractivity contribution in [3.8, 4) is 5.75 Å². The first-order valence-electron chi connectivity index (χ1n) is 6.36. The molecule has 0 radical (unpaired) electrons. The SMILES string of the molecule is CCCNC(c1ccc(Cl)cc1)c1sccc1OC. The van der Waals surface area contributed by atoms with Gasteiger partial charge in [0.1, 0.15) is 5.75 Å². The molecule has 0 saturated heterocycles. The highest BCUT2D eigenvalue weighted by atomic mass is 35.5. The molecule has 102 valence electrons. The van der Waals surface area contributed by atoms with E-state index in [1.807, 2.05) is 18.2 Å². The van der Waals surface area contributed by atoms with Crippen molar-refractivity contribution < 1.29 is 4.74 Å². The molecule has 1 heterocycles. The molecule has 0 aliphatic heterocycles. The van der Waals surface area contributed by atoms with Crippen molar-refractivity contribution in [3.05, 3.63) is 51.2 Å². The summed E-state index contributed by atoms with van der Waals surface area (Å²) in [7, 11) is 1.71. The molecule has 1 unspecified atom stereocenters. The van der Waals surface area contributed by atoms with E-state index in [9.17, 15) is 0 Å². The van der Waals surface area contributed by atoms with Crippen molar-refractivity contribution in [1.82, 2.24) is 5.32 Å². The van der Waals surface area contributed by atoms with Gasteiger partial charge in [0.05, 0.1) is 18.0 Å². The summed E-state index contributed by atoms with van der Waals surface area (Å²) in [4.78, 5) is 1.21. The normalized spacial score (nSPS) is 12.4. The zero-order chi connectivity index (χ0) is 13.7. The molecule has 1 aromatic carbocycles. The zero-order valence-corrected chi connectivity index (χ0v) is 12.7. The first kappa shape index (κ1) is 14.4. The first-order chi connectivity index (χ1) is 9.26. The Hall–Kier alpha value is -1.03. The molecule has 2 rings (SSSR count). The molecule has 1 aromatic heterocycles. The molecule has 0 amide bonds. The van der Waals surface area contributed by atoms with Gasteiger partial charge in [-0.1, -0.05) is 30.7 Å². The van der Waals surface area contributed by atoms with Crippen LogP contribution in [0.15, 0.2) is 35.7 Å². The molecule has 0 spiro atoms. The highest BCUT2D eigenvalue weighted by Crippen LogP contribution is 2.35. The van der Waals surface area contributed by atoms with Crippen LogP contribution >= 0.6 is 22.9 Å². The maximum absolute atomic E-state index is 5.96. The van der Waals surface area contributed by atoms with E-state index in [1.165, 1.54) is 10.4 Å². The topological polar surface area (TPSA) is 21.3 Å². The molecule has 4 heteroatoms. The fraction of sp³-hybridized carbons (Fsp3) is 0.333. The summed E-state index contributed by atoms with van der Waals surface area (Å²) in [6.07, 6.45) is 1.10. The van der Waals surface area contributed by atoms with Crippen LogP contribution < -0.4 is 10.1 Å². The van der Waals surface area contributed by atoms with Gasteiger partial charge >= 0.3 is 0 Å². The van der Waals surface area contributed by atoms with E-state index >= 15 is 0 Å². The Morgan fingerprint density at radius 2 is 2.00 bits per heavy atom. The van der Waals surface area contributed by atoms with E-state index in [0.717, 1.165) is 23.7 Å². The van der Waals surface area contributed by atoms with Gasteiger partial charge in [0.15, 0.2) is 0 Å². The lowest BCUT2D eigenvalue weighted by Gasteiger charge is -2.19. The second-order valence-corrected chi connectivity index (χ2v) is 5.68. The summed E-state index contributed by atoms with van der Waals surface area (Å²) in [5.41, 5.74) is 1.21. The molecule has 0 aliphatic rings. The first-order valence-corrected chi connectivity index (χ1v) is 7.62. The van der Waals surface area contributed by atoms with E-state index < -0.39 is 0 Å². The number of methoxy groups -OCH3 is 1. The van der Waals surface area contributed by atoms with Crippen LogP contribution in [0.4, 0.5) is 0 Å². The van der Waals surface area contributed by atoms with Crippen LogP contribution in [-0.2, 0) is 0 Å². The van der Waals surface area contributed by atoms with Gasteiger partial charge in [-0.25, -0.2) is 0 Å². The minimum Gasteiger partial charge on any atom is -0.496 e. The Morgan fingerprint density at radius 1 is 1.26 bits per heavy atom. The summed E-state index contributed by atoms with van der Waals surface area (Å²) < 4.78 is 5.44. The van der Waals surface area contributed by atoms with E-state index in [1.54, 1.807) is 18.4 Å². The van der Waals surface area contributed by atoms with Crippen LogP contribution in [0.1, 0.15) is 29.8 Å². The number of ether oxygens (including phenoxy) is 1. The van der Waals surface area contributed by atoms with Gasteiger partial charge in [0, 0.05) is 5.02 Å². The monoisotopic (exact) mass is 295 g/mol. The molecule has 1 atom stereocenters. The second-order valence-electron chi connectivity index (χ2n) is 4.29. The molecule has 0 saturated carbocycles. The predicted octanol–water partition coefficient (Wildman–Crippen LogP) is 4.50. The van der Waals surface area contributed by atoms with Gasteiger partial charge < -0.3 is 10.1 Å². The zero-order valence-electron chi connectivity index (χ0n) is 11.2. The van der Waals surface area contributed by atoms with Gasteiger partial charge in [-0.3, -0.25) is 0 Å². The minimum absolute atomic E-state index is 0.159. The summed E-state index contributed by atoms with van der Waals surface area (Å²) >= 11 is 7.67. The van der Waals surface area contributed by atoms with Gasteiger partial charge in [0.2, 0.25) is 0 Å². The number of hydrogen-bond donors (Lipinski definition) is 1. The number of benzene rings is 1. The van der Waals surface area contributed by atoms with Crippen molar-refractivity contribution >= 4 is 22.9 Å². The van der Waals surface area contributed by atoms with Gasteiger partial charge in [-0.2, -0.15) is 0 Å². The Morgan fingerprint density at radius 3 is 2.63 bits per heavy atom. The molecule has 1 N–H and O–H groups in total. The fourth-order valence-corrected chi connectivity index (χ4v) is 3.08. The summed E-state index contributed by atoms with van der Waals surface area (Å²) in [5.74, 6) is 0.938. The quantitative estimate of drug-likeness (QED) is 0.847. The van der Waals surface area contributed by atoms with Crippen LogP contribution in [0.2, 0.25) is 5.02 Å². The Bertz CT molecular complexity index is 509. The fourth-order valence-electron chi connectivity index (χ4n) is 1.99. The van der Waals surface area contributed by atoms with Gasteiger partial charge in [0.25, 0.3) is 0 Å². The number of hydrogen-bond acceptors (Lipinski definition) is 3. The Labute approximate surface area is 123 Å². The molecular formula is C15H18ClNOS. The Balaban J connectivity index is 2.32. The van der Waals surface area contributed by atoms with Crippen molar-refractivity contribution in [2.24, 2.45) is 0 Å². The average Bonchev–Trinajstić information content (AvgIpc) is 2.89. The van der Waals surface area contributed by atoms with E-state index in [2.05, 4.69) is 29.8 Å². The highest BCUT2D eigenvalue weighted by molar-refractivity contribution is 7.10. The van der Waals surface area contributed by atoms with E-state index in [4.69, 9.17) is 16.3 Å². The second kappa shape index (κ2) is 6.94. The van der Waals surface area contributed by atoms with Crippen LogP contribution in [0, 0.1) is 0 Å². The van der Waals surface area contributed by atoms with Gasteiger partial charge in [-0.05, 0) is 42.1 Å². The molecule has 0 fully saturated rings. The van der Waals surface area contributed by atoms with Crippen molar-refractivity contribution in [3.63, 3.8) is 0 Å². The summed E-state index contributed by atoms with van der Waals surface area (Å²) in [6, 6.07) is 10.2. The maximum atomic E-state index is 5.96. The lowest BCUT2D eigenvalue weighted by molar-refractivity contribution is 0.407. The molecular weight excluding hydrogens is 278 g/mol. The van der Waals surface area contributed by atoms with Crippen molar-refractivity contribution in [2.45, 2.75) is 19.4 Å². The van der Waals surface area contributed by atoms with Crippen molar-refractivity contribution in [2.75, 3.05) is 13.7 Å². The maximum Gasteiger partial charge on any atom is 0.134 e. The Kier molecular flexibility index (Phi) is 5.25. The predicted molar refractivity (Wildman–Crippen MR) is 82.5 cm³/mol. The largest absolute Gasteiger partial charge is 0.496 e. The average molecular weight is 296 g/mol. The molecule has 0 aliphatic carbocycles. The molecule has 2 nitrogen and oxygen atoms in total. The highest BCUT2D eigenvalue weighted by Gasteiger charge is 2.18. The number of thiophene rings is 1. The number of rotatable bonds is 6. The molecule has 19 heavy (non-hydrogen) atoms. The third-order valence-electron chi connectivity index (χ3n) is 2.94. The van der Waals surface area contributed by atoms with Crippen LogP contribution in [0.25, 0.3) is 0 Å². The number of nitrogens with one attached hydrogen (secondary N) is 1. The standard InChI is InChI=1S/C15H18ClNOS/c1-3-9-17-14(11-4-6-12(16)7-5-11)15-13(18-2)8-10-19-15/h4-8,10,14,17H,3,9H2,1-2H3. The lowest BCUT2D eigenvalue weighted by Crippen LogP contribution is -2.22. The summed E-state index contributed by atoms with van der Waals surface area (Å²) in [5, 5.41) is 6.39. The van der Waals surface area contributed by atoms with E-state index in [-0.39, 0.29) is 6.04 Å². The molecule has 2 aromatic rings. The van der Waals surface area contributed by atoms with Crippen LogP contribution in [-0.4, -0.2) is 13.7 Å².